The van der Waals surface area contributed by atoms with Crippen LogP contribution in [0.5, 0.6) is 0 Å². The number of hydrogen-bond donors (Lipinski definition) is 1. The highest BCUT2D eigenvalue weighted by Gasteiger charge is 2.24. The maximum atomic E-state index is 10.7. The SMILES string of the molecule is CC(C=O)(CO)c1ccccc1. The maximum absolute atomic E-state index is 10.7. The molecule has 0 saturated heterocycles. The molecule has 0 aliphatic carbocycles. The lowest BCUT2D eigenvalue weighted by Crippen LogP contribution is -2.28. The first-order valence-corrected chi connectivity index (χ1v) is 3.85. The van der Waals surface area contributed by atoms with E-state index in [0.29, 0.717) is 0 Å². The van der Waals surface area contributed by atoms with E-state index in [0.717, 1.165) is 11.8 Å². The van der Waals surface area contributed by atoms with E-state index in [2.05, 4.69) is 0 Å². The smallest absolute Gasteiger partial charge is 0.132 e. The molecular weight excluding hydrogens is 152 g/mol. The predicted octanol–water partition coefficient (Wildman–Crippen LogP) is 1.14. The van der Waals surface area contributed by atoms with E-state index >= 15 is 0 Å². The van der Waals surface area contributed by atoms with Gasteiger partial charge in [-0.15, -0.1) is 0 Å². The molecule has 2 heteroatoms. The Kier molecular flexibility index (Phi) is 2.61. The van der Waals surface area contributed by atoms with Gasteiger partial charge < -0.3 is 9.90 Å². The molecule has 0 bridgehead atoms. The average Bonchev–Trinajstić information content (AvgIpc) is 2.18. The second-order valence-corrected chi connectivity index (χ2v) is 3.06. The van der Waals surface area contributed by atoms with Crippen LogP contribution in [0, 0.1) is 0 Å². The Morgan fingerprint density at radius 1 is 1.42 bits per heavy atom. The van der Waals surface area contributed by atoms with Crippen molar-refractivity contribution in [3.05, 3.63) is 35.9 Å². The van der Waals surface area contributed by atoms with Gasteiger partial charge in [0.2, 0.25) is 0 Å². The van der Waals surface area contributed by atoms with Crippen LogP contribution in [-0.2, 0) is 10.2 Å². The molecule has 0 aromatic heterocycles. The second kappa shape index (κ2) is 3.50. The van der Waals surface area contributed by atoms with Crippen molar-refractivity contribution in [1.82, 2.24) is 0 Å². The lowest BCUT2D eigenvalue weighted by molar-refractivity contribution is -0.113. The van der Waals surface area contributed by atoms with Crippen LogP contribution in [0.1, 0.15) is 12.5 Å². The van der Waals surface area contributed by atoms with Gasteiger partial charge in [-0.25, -0.2) is 0 Å². The van der Waals surface area contributed by atoms with Crippen LogP contribution < -0.4 is 0 Å². The average molecular weight is 164 g/mol. The van der Waals surface area contributed by atoms with Crippen molar-refractivity contribution in [1.29, 1.82) is 0 Å². The molecule has 0 saturated carbocycles. The summed E-state index contributed by atoms with van der Waals surface area (Å²) in [6, 6.07) is 9.26. The molecule has 0 radical (unpaired) electrons. The van der Waals surface area contributed by atoms with Gasteiger partial charge in [0.05, 0.1) is 12.0 Å². The van der Waals surface area contributed by atoms with Crippen LogP contribution in [0.15, 0.2) is 30.3 Å². The first-order valence-electron chi connectivity index (χ1n) is 3.85. The van der Waals surface area contributed by atoms with E-state index in [1.165, 1.54) is 0 Å². The fourth-order valence-electron chi connectivity index (χ4n) is 1.02. The Morgan fingerprint density at radius 3 is 2.42 bits per heavy atom. The van der Waals surface area contributed by atoms with Crippen LogP contribution in [-0.4, -0.2) is 18.0 Å². The lowest BCUT2D eigenvalue weighted by Gasteiger charge is -2.19. The molecule has 64 valence electrons. The van der Waals surface area contributed by atoms with Gasteiger partial charge in [0, 0.05) is 0 Å². The van der Waals surface area contributed by atoms with Crippen molar-refractivity contribution in [2.75, 3.05) is 6.61 Å². The number of aliphatic hydroxyl groups excluding tert-OH is 1. The van der Waals surface area contributed by atoms with Gasteiger partial charge >= 0.3 is 0 Å². The Bertz CT molecular complexity index is 256. The van der Waals surface area contributed by atoms with Crippen molar-refractivity contribution in [2.45, 2.75) is 12.3 Å². The van der Waals surface area contributed by atoms with E-state index in [9.17, 15) is 4.79 Å². The number of benzene rings is 1. The number of hydrogen-bond acceptors (Lipinski definition) is 2. The number of aliphatic hydroxyl groups is 1. The zero-order valence-corrected chi connectivity index (χ0v) is 7.03. The first kappa shape index (κ1) is 8.94. The Balaban J connectivity index is 3.03. The third kappa shape index (κ3) is 1.53. The summed E-state index contributed by atoms with van der Waals surface area (Å²) in [6.07, 6.45) is 0.780. The van der Waals surface area contributed by atoms with Gasteiger partial charge in [0.15, 0.2) is 0 Å². The molecule has 1 rings (SSSR count). The van der Waals surface area contributed by atoms with E-state index in [-0.39, 0.29) is 6.61 Å². The van der Waals surface area contributed by atoms with E-state index in [1.807, 2.05) is 30.3 Å². The summed E-state index contributed by atoms with van der Waals surface area (Å²) in [5.41, 5.74) is 0.101. The molecule has 1 N–H and O–H groups in total. The summed E-state index contributed by atoms with van der Waals surface area (Å²) in [4.78, 5) is 10.7. The summed E-state index contributed by atoms with van der Waals surface area (Å²) in [6.45, 7) is 1.57. The molecule has 2 nitrogen and oxygen atoms in total. The highest BCUT2D eigenvalue weighted by molar-refractivity contribution is 5.67. The van der Waals surface area contributed by atoms with Crippen LogP contribution in [0.3, 0.4) is 0 Å². The monoisotopic (exact) mass is 164 g/mol. The third-order valence-electron chi connectivity index (χ3n) is 2.02. The van der Waals surface area contributed by atoms with Gasteiger partial charge in [-0.1, -0.05) is 30.3 Å². The van der Waals surface area contributed by atoms with Gasteiger partial charge in [0.25, 0.3) is 0 Å². The summed E-state index contributed by atoms with van der Waals surface area (Å²) < 4.78 is 0. The third-order valence-corrected chi connectivity index (χ3v) is 2.02. The maximum Gasteiger partial charge on any atom is 0.132 e. The molecule has 0 aliphatic heterocycles. The molecule has 0 amide bonds. The molecule has 0 aliphatic rings. The highest BCUT2D eigenvalue weighted by atomic mass is 16.3. The molecule has 12 heavy (non-hydrogen) atoms. The molecule has 1 atom stereocenters. The van der Waals surface area contributed by atoms with Crippen LogP contribution >= 0.6 is 0 Å². The van der Waals surface area contributed by atoms with Crippen molar-refractivity contribution >= 4 is 6.29 Å². The topological polar surface area (TPSA) is 37.3 Å². The molecule has 1 aromatic carbocycles. The number of rotatable bonds is 3. The summed E-state index contributed by atoms with van der Waals surface area (Å²) in [5.74, 6) is 0. The Hall–Kier alpha value is -1.15. The van der Waals surface area contributed by atoms with Crippen molar-refractivity contribution in [3.63, 3.8) is 0 Å². The minimum absolute atomic E-state index is 0.152. The Morgan fingerprint density at radius 2 is 2.00 bits per heavy atom. The quantitative estimate of drug-likeness (QED) is 0.680. The van der Waals surface area contributed by atoms with Gasteiger partial charge in [-0.3, -0.25) is 0 Å². The highest BCUT2D eigenvalue weighted by Crippen LogP contribution is 2.19. The van der Waals surface area contributed by atoms with E-state index in [1.54, 1.807) is 6.92 Å². The summed E-state index contributed by atoms with van der Waals surface area (Å²) >= 11 is 0. The standard InChI is InChI=1S/C10H12O2/c1-10(7-11,8-12)9-5-3-2-4-6-9/h2-7,12H,8H2,1H3. The molecule has 0 heterocycles. The van der Waals surface area contributed by atoms with Crippen LogP contribution in [0.4, 0.5) is 0 Å². The van der Waals surface area contributed by atoms with Gasteiger partial charge in [-0.2, -0.15) is 0 Å². The first-order chi connectivity index (χ1) is 5.73. The van der Waals surface area contributed by atoms with E-state index in [4.69, 9.17) is 5.11 Å². The molecular formula is C10H12O2. The van der Waals surface area contributed by atoms with Gasteiger partial charge in [-0.05, 0) is 12.5 Å². The summed E-state index contributed by atoms with van der Waals surface area (Å²) in [5, 5.41) is 9.01. The largest absolute Gasteiger partial charge is 0.395 e. The normalized spacial score (nSPS) is 15.2. The van der Waals surface area contributed by atoms with Crippen LogP contribution in [0.25, 0.3) is 0 Å². The minimum Gasteiger partial charge on any atom is -0.395 e. The van der Waals surface area contributed by atoms with E-state index < -0.39 is 5.41 Å². The van der Waals surface area contributed by atoms with Crippen molar-refractivity contribution in [2.24, 2.45) is 0 Å². The fraction of sp³-hybridized carbons (Fsp3) is 0.300. The molecule has 1 aromatic rings. The second-order valence-electron chi connectivity index (χ2n) is 3.06. The van der Waals surface area contributed by atoms with Crippen LogP contribution in [0.2, 0.25) is 0 Å². The number of carbonyl (C=O) groups excluding carboxylic acids is 1. The molecule has 0 spiro atoms. The zero-order chi connectivity index (χ0) is 9.03. The zero-order valence-electron chi connectivity index (χ0n) is 7.03. The predicted molar refractivity (Wildman–Crippen MR) is 46.9 cm³/mol. The number of carbonyl (C=O) groups is 1. The Labute approximate surface area is 71.8 Å². The minimum atomic E-state index is -0.749. The van der Waals surface area contributed by atoms with Crippen molar-refractivity contribution < 1.29 is 9.90 Å². The molecule has 1 unspecified atom stereocenters. The summed E-state index contributed by atoms with van der Waals surface area (Å²) in [7, 11) is 0. The fourth-order valence-corrected chi connectivity index (χ4v) is 1.02. The van der Waals surface area contributed by atoms with Gasteiger partial charge in [0.1, 0.15) is 6.29 Å². The lowest BCUT2D eigenvalue weighted by atomic mass is 9.85. The van der Waals surface area contributed by atoms with Crippen molar-refractivity contribution in [3.8, 4) is 0 Å². The number of aldehydes is 1. The molecule has 0 fully saturated rings.